The number of aryl methyl sites for hydroxylation is 2. The van der Waals surface area contributed by atoms with Crippen molar-refractivity contribution >= 4 is 18.1 Å². The second-order valence-corrected chi connectivity index (χ2v) is 10.1. The average Bonchev–Trinajstić information content (AvgIpc) is 2.74. The molecule has 0 amide bonds. The largest absolute Gasteiger partial charge is 0.369 e. The predicted molar refractivity (Wildman–Crippen MR) is 139 cm³/mol. The van der Waals surface area contributed by atoms with Crippen molar-refractivity contribution in [3.63, 3.8) is 0 Å². The molecule has 2 nitrogen and oxygen atoms in total. The van der Waals surface area contributed by atoms with Crippen LogP contribution in [0.3, 0.4) is 0 Å². The molecule has 0 unspecified atom stereocenters. The first-order valence-electron chi connectivity index (χ1n) is 12.0. The van der Waals surface area contributed by atoms with Crippen LogP contribution in [0.2, 0.25) is 0 Å². The standard InChI is InChI=1S/C28H42N2.ClH/c1-6-7-8-9-25-22-24(11-10-23(25)2)16-17-29-18-20-30(21-19-29)27-14-12-26(13-15-27)28(3,4)5;/h10-15,22H,6-9,16-21H2,1-5H3;1H. The van der Waals surface area contributed by atoms with Gasteiger partial charge >= 0.3 is 0 Å². The van der Waals surface area contributed by atoms with E-state index in [9.17, 15) is 0 Å². The number of unbranched alkanes of at least 4 members (excludes halogenated alkanes) is 2. The maximum atomic E-state index is 2.64. The fourth-order valence-corrected chi connectivity index (χ4v) is 4.40. The smallest absolute Gasteiger partial charge is 0.0367 e. The summed E-state index contributed by atoms with van der Waals surface area (Å²) in [4.78, 5) is 5.18. The summed E-state index contributed by atoms with van der Waals surface area (Å²) < 4.78 is 0. The zero-order valence-electron chi connectivity index (χ0n) is 20.4. The van der Waals surface area contributed by atoms with Crippen molar-refractivity contribution in [1.29, 1.82) is 0 Å². The van der Waals surface area contributed by atoms with Crippen molar-refractivity contribution in [3.05, 3.63) is 64.7 Å². The number of hydrogen-bond acceptors (Lipinski definition) is 2. The summed E-state index contributed by atoms with van der Waals surface area (Å²) in [5.74, 6) is 0. The Bertz CT molecular complexity index is 784. The molecular formula is C28H43ClN2. The third-order valence-corrected chi connectivity index (χ3v) is 6.65. The van der Waals surface area contributed by atoms with Gasteiger partial charge in [-0.25, -0.2) is 0 Å². The van der Waals surface area contributed by atoms with Gasteiger partial charge < -0.3 is 4.90 Å². The van der Waals surface area contributed by atoms with Crippen LogP contribution in [-0.4, -0.2) is 37.6 Å². The highest BCUT2D eigenvalue weighted by atomic mass is 35.5. The lowest BCUT2D eigenvalue weighted by atomic mass is 9.87. The molecule has 1 aliphatic heterocycles. The maximum absolute atomic E-state index is 2.64. The first-order valence-corrected chi connectivity index (χ1v) is 12.0. The summed E-state index contributed by atoms with van der Waals surface area (Å²) in [5, 5.41) is 0. The monoisotopic (exact) mass is 442 g/mol. The maximum Gasteiger partial charge on any atom is 0.0367 e. The minimum absolute atomic E-state index is 0. The molecule has 3 rings (SSSR count). The van der Waals surface area contributed by atoms with Crippen LogP contribution in [0.15, 0.2) is 42.5 Å². The summed E-state index contributed by atoms with van der Waals surface area (Å²) in [5.41, 5.74) is 7.54. The summed E-state index contributed by atoms with van der Waals surface area (Å²) >= 11 is 0. The number of hydrogen-bond donors (Lipinski definition) is 0. The summed E-state index contributed by atoms with van der Waals surface area (Å²) in [6, 6.07) is 16.4. The van der Waals surface area contributed by atoms with Crippen LogP contribution in [-0.2, 0) is 18.3 Å². The molecule has 1 heterocycles. The molecule has 0 radical (unpaired) electrons. The molecule has 172 valence electrons. The van der Waals surface area contributed by atoms with Crippen molar-refractivity contribution < 1.29 is 0 Å². The molecule has 2 aromatic carbocycles. The second-order valence-electron chi connectivity index (χ2n) is 10.1. The van der Waals surface area contributed by atoms with Gasteiger partial charge in [-0.15, -0.1) is 12.4 Å². The molecule has 0 spiro atoms. The Hall–Kier alpha value is -1.51. The predicted octanol–water partition coefficient (Wildman–Crippen LogP) is 6.81. The third-order valence-electron chi connectivity index (χ3n) is 6.65. The minimum Gasteiger partial charge on any atom is -0.369 e. The molecule has 1 saturated heterocycles. The van der Waals surface area contributed by atoms with E-state index in [-0.39, 0.29) is 17.8 Å². The Kier molecular flexibility index (Phi) is 9.90. The van der Waals surface area contributed by atoms with E-state index in [1.807, 2.05) is 0 Å². The van der Waals surface area contributed by atoms with Crippen LogP contribution < -0.4 is 4.90 Å². The number of piperazine rings is 1. The van der Waals surface area contributed by atoms with Gasteiger partial charge in [0.25, 0.3) is 0 Å². The van der Waals surface area contributed by atoms with Crippen LogP contribution in [0.25, 0.3) is 0 Å². The van der Waals surface area contributed by atoms with Crippen molar-refractivity contribution in [2.75, 3.05) is 37.6 Å². The van der Waals surface area contributed by atoms with E-state index in [0.29, 0.717) is 0 Å². The zero-order chi connectivity index (χ0) is 21.6. The first-order chi connectivity index (χ1) is 14.4. The van der Waals surface area contributed by atoms with Gasteiger partial charge in [-0.1, -0.05) is 70.9 Å². The van der Waals surface area contributed by atoms with Gasteiger partial charge in [0.1, 0.15) is 0 Å². The molecule has 1 aliphatic rings. The normalized spacial score (nSPS) is 15.1. The Morgan fingerprint density at radius 1 is 0.839 bits per heavy atom. The van der Waals surface area contributed by atoms with E-state index in [1.54, 1.807) is 5.56 Å². The minimum atomic E-state index is 0. The van der Waals surface area contributed by atoms with Crippen molar-refractivity contribution in [3.8, 4) is 0 Å². The molecule has 0 N–H and O–H groups in total. The summed E-state index contributed by atoms with van der Waals surface area (Å²) in [7, 11) is 0. The van der Waals surface area contributed by atoms with Crippen molar-refractivity contribution in [2.45, 2.75) is 72.1 Å². The van der Waals surface area contributed by atoms with E-state index in [2.05, 4.69) is 86.9 Å². The highest BCUT2D eigenvalue weighted by Crippen LogP contribution is 2.25. The zero-order valence-corrected chi connectivity index (χ0v) is 21.2. The van der Waals surface area contributed by atoms with Crippen LogP contribution >= 0.6 is 12.4 Å². The van der Waals surface area contributed by atoms with Gasteiger partial charge in [-0.3, -0.25) is 4.90 Å². The number of halogens is 1. The van der Waals surface area contributed by atoms with E-state index in [4.69, 9.17) is 0 Å². The first kappa shape index (κ1) is 25.7. The molecule has 0 aliphatic carbocycles. The molecule has 31 heavy (non-hydrogen) atoms. The molecule has 3 heteroatoms. The molecule has 1 fully saturated rings. The lowest BCUT2D eigenvalue weighted by Crippen LogP contribution is -2.47. The lowest BCUT2D eigenvalue weighted by Gasteiger charge is -2.36. The van der Waals surface area contributed by atoms with Crippen LogP contribution in [0, 0.1) is 6.92 Å². The number of benzene rings is 2. The Morgan fingerprint density at radius 2 is 1.52 bits per heavy atom. The average molecular weight is 443 g/mol. The van der Waals surface area contributed by atoms with Crippen molar-refractivity contribution in [2.24, 2.45) is 0 Å². The van der Waals surface area contributed by atoms with Crippen LogP contribution in [0.5, 0.6) is 0 Å². The molecule has 0 saturated carbocycles. The number of nitrogens with zero attached hydrogens (tertiary/aromatic N) is 2. The van der Waals surface area contributed by atoms with Crippen LogP contribution in [0.4, 0.5) is 5.69 Å². The van der Waals surface area contributed by atoms with Crippen LogP contribution in [0.1, 0.15) is 69.2 Å². The molecule has 0 aromatic heterocycles. The van der Waals surface area contributed by atoms with E-state index >= 15 is 0 Å². The molecule has 0 bridgehead atoms. The molecule has 0 atom stereocenters. The Morgan fingerprint density at radius 3 is 2.13 bits per heavy atom. The summed E-state index contributed by atoms with van der Waals surface area (Å²) in [6.07, 6.45) is 6.36. The highest BCUT2D eigenvalue weighted by Gasteiger charge is 2.18. The quantitative estimate of drug-likeness (QED) is 0.414. The van der Waals surface area contributed by atoms with E-state index in [1.165, 1.54) is 61.0 Å². The molecular weight excluding hydrogens is 400 g/mol. The van der Waals surface area contributed by atoms with Gasteiger partial charge in [0.2, 0.25) is 0 Å². The van der Waals surface area contributed by atoms with Gasteiger partial charge in [-0.2, -0.15) is 0 Å². The summed E-state index contributed by atoms with van der Waals surface area (Å²) in [6.45, 7) is 17.1. The number of anilines is 1. The van der Waals surface area contributed by atoms with Crippen molar-refractivity contribution in [1.82, 2.24) is 4.90 Å². The second kappa shape index (κ2) is 11.9. The van der Waals surface area contributed by atoms with Gasteiger partial charge in [0.05, 0.1) is 0 Å². The van der Waals surface area contributed by atoms with E-state index < -0.39 is 0 Å². The van der Waals surface area contributed by atoms with Gasteiger partial charge in [-0.05, 0) is 66.0 Å². The third kappa shape index (κ3) is 7.54. The van der Waals surface area contributed by atoms with Gasteiger partial charge in [0.15, 0.2) is 0 Å². The molecule has 2 aromatic rings. The SMILES string of the molecule is CCCCCc1cc(CCN2CCN(c3ccc(C(C)(C)C)cc3)CC2)ccc1C.Cl. The Balaban J connectivity index is 0.00000341. The van der Waals surface area contributed by atoms with E-state index in [0.717, 1.165) is 26.2 Å². The lowest BCUT2D eigenvalue weighted by molar-refractivity contribution is 0.261. The fraction of sp³-hybridized carbons (Fsp3) is 0.571. The topological polar surface area (TPSA) is 6.48 Å². The highest BCUT2D eigenvalue weighted by molar-refractivity contribution is 5.85. The number of rotatable bonds is 8. The fourth-order valence-electron chi connectivity index (χ4n) is 4.40. The van der Waals surface area contributed by atoms with Gasteiger partial charge in [0, 0.05) is 38.4 Å². The Labute approximate surface area is 197 Å².